The molecular formula is C25H25NO3. The van der Waals surface area contributed by atoms with Gasteiger partial charge in [-0.05, 0) is 48.2 Å². The largest absolute Gasteiger partial charge is 0.484 e. The Morgan fingerprint density at radius 2 is 1.52 bits per heavy atom. The fourth-order valence-electron chi connectivity index (χ4n) is 3.13. The van der Waals surface area contributed by atoms with E-state index in [0.29, 0.717) is 22.8 Å². The minimum absolute atomic E-state index is 0.0457. The fraction of sp³-hybridized carbons (Fsp3) is 0.200. The maximum atomic E-state index is 12.4. The molecule has 29 heavy (non-hydrogen) atoms. The molecule has 0 saturated carbocycles. The van der Waals surface area contributed by atoms with Crippen LogP contribution in [-0.2, 0) is 4.79 Å². The Kier molecular flexibility index (Phi) is 6.45. The number of anilines is 1. The molecule has 1 amide bonds. The number of nitrogens with one attached hydrogen (secondary N) is 1. The van der Waals surface area contributed by atoms with Crippen molar-refractivity contribution in [2.45, 2.75) is 26.7 Å². The molecule has 3 aromatic rings. The molecule has 0 bridgehead atoms. The Bertz CT molecular complexity index is 992. The molecule has 3 aromatic carbocycles. The molecular weight excluding hydrogens is 362 g/mol. The molecule has 0 aliphatic rings. The van der Waals surface area contributed by atoms with Crippen molar-refractivity contribution in [3.05, 3.63) is 95.1 Å². The second kappa shape index (κ2) is 9.20. The number of hydrogen-bond acceptors (Lipinski definition) is 3. The second-order valence-corrected chi connectivity index (χ2v) is 7.25. The van der Waals surface area contributed by atoms with Gasteiger partial charge < -0.3 is 10.1 Å². The van der Waals surface area contributed by atoms with E-state index in [1.165, 1.54) is 0 Å². The first kappa shape index (κ1) is 20.3. The number of para-hydroxylation sites is 1. The van der Waals surface area contributed by atoms with E-state index in [2.05, 4.69) is 19.2 Å². The summed E-state index contributed by atoms with van der Waals surface area (Å²) in [5, 5.41) is 2.96. The van der Waals surface area contributed by atoms with Gasteiger partial charge in [0.2, 0.25) is 0 Å². The summed E-state index contributed by atoms with van der Waals surface area (Å²) in [5.41, 5.74) is 4.18. The van der Waals surface area contributed by atoms with Crippen LogP contribution in [0.25, 0.3) is 0 Å². The van der Waals surface area contributed by atoms with Crippen molar-refractivity contribution >= 4 is 17.4 Å². The molecule has 0 heterocycles. The highest BCUT2D eigenvalue weighted by Crippen LogP contribution is 2.27. The number of ether oxygens (including phenoxy) is 1. The van der Waals surface area contributed by atoms with Crippen LogP contribution in [0, 0.1) is 6.92 Å². The third-order valence-electron chi connectivity index (χ3n) is 4.71. The lowest BCUT2D eigenvalue weighted by Crippen LogP contribution is -2.21. The molecule has 0 aliphatic heterocycles. The average molecular weight is 387 g/mol. The van der Waals surface area contributed by atoms with Crippen LogP contribution in [0.15, 0.2) is 72.8 Å². The number of carbonyl (C=O) groups is 2. The second-order valence-electron chi connectivity index (χ2n) is 7.25. The van der Waals surface area contributed by atoms with Crippen molar-refractivity contribution < 1.29 is 14.3 Å². The zero-order valence-corrected chi connectivity index (χ0v) is 16.9. The summed E-state index contributed by atoms with van der Waals surface area (Å²) in [6.45, 7) is 6.07. The number of amides is 1. The van der Waals surface area contributed by atoms with Crippen LogP contribution >= 0.6 is 0 Å². The zero-order valence-electron chi connectivity index (χ0n) is 16.9. The lowest BCUT2D eigenvalue weighted by Gasteiger charge is -2.16. The smallest absolute Gasteiger partial charge is 0.262 e. The molecule has 0 aliphatic carbocycles. The Balaban J connectivity index is 1.61. The van der Waals surface area contributed by atoms with Crippen LogP contribution in [0.5, 0.6) is 5.75 Å². The third-order valence-corrected chi connectivity index (χ3v) is 4.71. The summed E-state index contributed by atoms with van der Waals surface area (Å²) in [4.78, 5) is 24.8. The van der Waals surface area contributed by atoms with E-state index >= 15 is 0 Å². The molecule has 0 aromatic heterocycles. The quantitative estimate of drug-likeness (QED) is 0.555. The minimum Gasteiger partial charge on any atom is -0.484 e. The minimum atomic E-state index is -0.217. The highest BCUT2D eigenvalue weighted by Gasteiger charge is 2.13. The van der Waals surface area contributed by atoms with Crippen molar-refractivity contribution in [1.82, 2.24) is 0 Å². The molecule has 0 unspecified atom stereocenters. The first-order valence-corrected chi connectivity index (χ1v) is 9.67. The maximum Gasteiger partial charge on any atom is 0.262 e. The van der Waals surface area contributed by atoms with E-state index in [0.717, 1.165) is 16.8 Å². The van der Waals surface area contributed by atoms with Gasteiger partial charge in [-0.2, -0.15) is 0 Å². The Morgan fingerprint density at radius 1 is 0.862 bits per heavy atom. The molecule has 0 radical (unpaired) electrons. The van der Waals surface area contributed by atoms with Crippen LogP contribution in [0.3, 0.4) is 0 Å². The van der Waals surface area contributed by atoms with Gasteiger partial charge in [-0.1, -0.05) is 62.4 Å². The predicted molar refractivity (Wildman–Crippen MR) is 116 cm³/mol. The molecule has 0 fully saturated rings. The third kappa shape index (κ3) is 5.11. The maximum absolute atomic E-state index is 12.4. The van der Waals surface area contributed by atoms with Crippen LogP contribution in [0.4, 0.5) is 5.69 Å². The highest BCUT2D eigenvalue weighted by molar-refractivity contribution is 6.09. The SMILES string of the molecule is Cc1cccc(C(C)C)c1NC(=O)COc1ccc(C(=O)c2ccccc2)cc1. The summed E-state index contributed by atoms with van der Waals surface area (Å²) < 4.78 is 5.60. The zero-order chi connectivity index (χ0) is 20.8. The van der Waals surface area contributed by atoms with E-state index < -0.39 is 0 Å². The average Bonchev–Trinajstić information content (AvgIpc) is 2.74. The molecule has 4 heteroatoms. The van der Waals surface area contributed by atoms with Gasteiger partial charge in [0, 0.05) is 16.8 Å². The van der Waals surface area contributed by atoms with Crippen molar-refractivity contribution in [2.75, 3.05) is 11.9 Å². The molecule has 0 saturated heterocycles. The summed E-state index contributed by atoms with van der Waals surface area (Å²) in [5.74, 6) is 0.584. The number of aryl methyl sites for hydroxylation is 1. The highest BCUT2D eigenvalue weighted by atomic mass is 16.5. The van der Waals surface area contributed by atoms with Crippen molar-refractivity contribution in [3.8, 4) is 5.75 Å². The van der Waals surface area contributed by atoms with Crippen molar-refractivity contribution in [1.29, 1.82) is 0 Å². The summed E-state index contributed by atoms with van der Waals surface area (Å²) in [6, 6.07) is 21.9. The van der Waals surface area contributed by atoms with E-state index in [9.17, 15) is 9.59 Å². The number of benzene rings is 3. The standard InChI is InChI=1S/C25H25NO3/c1-17(2)22-11-7-8-18(3)24(22)26-23(27)16-29-21-14-12-20(13-15-21)25(28)19-9-5-4-6-10-19/h4-15,17H,16H2,1-3H3,(H,26,27). The van der Waals surface area contributed by atoms with Crippen LogP contribution in [0.1, 0.15) is 46.8 Å². The number of rotatable bonds is 7. The van der Waals surface area contributed by atoms with Gasteiger partial charge in [-0.15, -0.1) is 0 Å². The summed E-state index contributed by atoms with van der Waals surface area (Å²) >= 11 is 0. The molecule has 1 N–H and O–H groups in total. The Hall–Kier alpha value is -3.40. The lowest BCUT2D eigenvalue weighted by atomic mass is 9.98. The fourth-order valence-corrected chi connectivity index (χ4v) is 3.13. The molecule has 0 spiro atoms. The summed E-state index contributed by atoms with van der Waals surface area (Å²) in [6.07, 6.45) is 0. The number of carbonyl (C=O) groups excluding carboxylic acids is 2. The van der Waals surface area contributed by atoms with E-state index in [1.54, 1.807) is 36.4 Å². The molecule has 3 rings (SSSR count). The first-order chi connectivity index (χ1) is 14.0. The number of hydrogen-bond donors (Lipinski definition) is 1. The van der Waals surface area contributed by atoms with Gasteiger partial charge in [0.1, 0.15) is 5.75 Å². The molecule has 4 nitrogen and oxygen atoms in total. The van der Waals surface area contributed by atoms with Crippen LogP contribution in [-0.4, -0.2) is 18.3 Å². The Labute approximate surface area is 171 Å². The van der Waals surface area contributed by atoms with Gasteiger partial charge in [0.25, 0.3) is 5.91 Å². The van der Waals surface area contributed by atoms with E-state index in [1.807, 2.05) is 43.3 Å². The van der Waals surface area contributed by atoms with E-state index in [4.69, 9.17) is 4.74 Å². The first-order valence-electron chi connectivity index (χ1n) is 9.67. The number of ketones is 1. The van der Waals surface area contributed by atoms with E-state index in [-0.39, 0.29) is 18.3 Å². The molecule has 0 atom stereocenters. The Morgan fingerprint density at radius 3 is 2.17 bits per heavy atom. The monoisotopic (exact) mass is 387 g/mol. The normalized spacial score (nSPS) is 10.6. The van der Waals surface area contributed by atoms with Gasteiger partial charge in [0.05, 0.1) is 0 Å². The van der Waals surface area contributed by atoms with Gasteiger partial charge in [0.15, 0.2) is 12.4 Å². The predicted octanol–water partition coefficient (Wildman–Crippen LogP) is 5.37. The van der Waals surface area contributed by atoms with Gasteiger partial charge >= 0.3 is 0 Å². The van der Waals surface area contributed by atoms with Crippen molar-refractivity contribution in [2.24, 2.45) is 0 Å². The summed E-state index contributed by atoms with van der Waals surface area (Å²) in [7, 11) is 0. The molecule has 148 valence electrons. The van der Waals surface area contributed by atoms with Crippen LogP contribution < -0.4 is 10.1 Å². The van der Waals surface area contributed by atoms with Gasteiger partial charge in [-0.3, -0.25) is 9.59 Å². The van der Waals surface area contributed by atoms with Crippen LogP contribution in [0.2, 0.25) is 0 Å². The van der Waals surface area contributed by atoms with Crippen molar-refractivity contribution in [3.63, 3.8) is 0 Å². The van der Waals surface area contributed by atoms with Gasteiger partial charge in [-0.25, -0.2) is 0 Å². The topological polar surface area (TPSA) is 55.4 Å². The lowest BCUT2D eigenvalue weighted by molar-refractivity contribution is -0.118.